The predicted molar refractivity (Wildman–Crippen MR) is 85.7 cm³/mol. The Balaban J connectivity index is 1.74. The van der Waals surface area contributed by atoms with E-state index >= 15 is 0 Å². The van der Waals surface area contributed by atoms with E-state index in [2.05, 4.69) is 15.5 Å². The molecule has 4 nitrogen and oxygen atoms in total. The Morgan fingerprint density at radius 1 is 1.30 bits per heavy atom. The summed E-state index contributed by atoms with van der Waals surface area (Å²) in [7, 11) is 0. The number of hydrogen-bond acceptors (Lipinski definition) is 6. The van der Waals surface area contributed by atoms with Gasteiger partial charge in [0.25, 0.3) is 0 Å². The Bertz CT molecular complexity index is 574. The molecular weight excluding hydrogens is 334 g/mol. The van der Waals surface area contributed by atoms with Gasteiger partial charge in [0.1, 0.15) is 0 Å². The molecule has 20 heavy (non-hydrogen) atoms. The molecule has 0 radical (unpaired) electrons. The monoisotopic (exact) mass is 345 g/mol. The van der Waals surface area contributed by atoms with E-state index in [-0.39, 0.29) is 5.91 Å². The number of thioether (sulfide) groups is 2. The van der Waals surface area contributed by atoms with Crippen LogP contribution in [0.4, 0.5) is 0 Å². The fourth-order valence-electron chi connectivity index (χ4n) is 1.32. The Kier molecular flexibility index (Phi) is 6.15. The minimum Gasteiger partial charge on any atom is -0.351 e. The molecule has 8 heteroatoms. The molecule has 1 N–H and O–H groups in total. The van der Waals surface area contributed by atoms with Crippen molar-refractivity contribution in [2.45, 2.75) is 15.2 Å². The molecule has 106 valence electrons. The standard InChI is InChI=1S/C12H12ClN3OS3/c1-18-11-15-16-12(20-11)19-7-10(17)14-6-8-2-4-9(13)5-3-8/h2-5H,6-7H2,1H3,(H,14,17). The lowest BCUT2D eigenvalue weighted by Gasteiger charge is -2.04. The number of nitrogens with zero attached hydrogens (tertiary/aromatic N) is 2. The molecule has 0 aliphatic rings. The number of halogens is 1. The molecule has 2 aromatic rings. The van der Waals surface area contributed by atoms with Crippen LogP contribution in [-0.2, 0) is 11.3 Å². The van der Waals surface area contributed by atoms with Gasteiger partial charge in [-0.05, 0) is 24.0 Å². The van der Waals surface area contributed by atoms with Crippen molar-refractivity contribution in [2.75, 3.05) is 12.0 Å². The molecule has 0 saturated heterocycles. The van der Waals surface area contributed by atoms with Crippen LogP contribution in [0.15, 0.2) is 32.9 Å². The van der Waals surface area contributed by atoms with E-state index in [4.69, 9.17) is 11.6 Å². The summed E-state index contributed by atoms with van der Waals surface area (Å²) in [6, 6.07) is 7.41. The first-order chi connectivity index (χ1) is 9.67. The van der Waals surface area contributed by atoms with Crippen LogP contribution in [0.25, 0.3) is 0 Å². The number of rotatable bonds is 6. The smallest absolute Gasteiger partial charge is 0.230 e. The first-order valence-corrected chi connectivity index (χ1v) is 9.09. The van der Waals surface area contributed by atoms with Crippen molar-refractivity contribution in [3.8, 4) is 0 Å². The molecule has 0 saturated carbocycles. The largest absolute Gasteiger partial charge is 0.351 e. The minimum absolute atomic E-state index is 0.0224. The Hall–Kier alpha value is -0.760. The van der Waals surface area contributed by atoms with Crippen LogP contribution < -0.4 is 5.32 Å². The van der Waals surface area contributed by atoms with E-state index in [0.29, 0.717) is 17.3 Å². The first kappa shape index (κ1) is 15.6. The third-order valence-corrected chi connectivity index (χ3v) is 5.58. The summed E-state index contributed by atoms with van der Waals surface area (Å²) in [6.07, 6.45) is 1.95. The average Bonchev–Trinajstić information content (AvgIpc) is 2.92. The first-order valence-electron chi connectivity index (χ1n) is 5.69. The van der Waals surface area contributed by atoms with Gasteiger partial charge in [-0.1, -0.05) is 58.6 Å². The van der Waals surface area contributed by atoms with Crippen molar-refractivity contribution < 1.29 is 4.79 Å². The van der Waals surface area contributed by atoms with Crippen LogP contribution in [0.3, 0.4) is 0 Å². The lowest BCUT2D eigenvalue weighted by molar-refractivity contribution is -0.118. The van der Waals surface area contributed by atoms with Crippen molar-refractivity contribution in [1.29, 1.82) is 0 Å². The normalized spacial score (nSPS) is 10.5. The summed E-state index contributed by atoms with van der Waals surface area (Å²) in [6.45, 7) is 0.503. The van der Waals surface area contributed by atoms with Gasteiger partial charge >= 0.3 is 0 Å². The SMILES string of the molecule is CSc1nnc(SCC(=O)NCc2ccc(Cl)cc2)s1. The average molecular weight is 346 g/mol. The second-order valence-electron chi connectivity index (χ2n) is 3.73. The van der Waals surface area contributed by atoms with Gasteiger partial charge in [-0.2, -0.15) is 0 Å². The van der Waals surface area contributed by atoms with Crippen LogP contribution in [-0.4, -0.2) is 28.1 Å². The van der Waals surface area contributed by atoms with E-state index in [0.717, 1.165) is 14.2 Å². The zero-order chi connectivity index (χ0) is 14.4. The van der Waals surface area contributed by atoms with Crippen molar-refractivity contribution in [2.24, 2.45) is 0 Å². The number of hydrogen-bond donors (Lipinski definition) is 1. The number of benzene rings is 1. The van der Waals surface area contributed by atoms with Crippen molar-refractivity contribution in [3.63, 3.8) is 0 Å². The highest BCUT2D eigenvalue weighted by molar-refractivity contribution is 8.03. The summed E-state index contributed by atoms with van der Waals surface area (Å²) in [5.41, 5.74) is 1.02. The number of carbonyl (C=O) groups excluding carboxylic acids is 1. The van der Waals surface area contributed by atoms with Gasteiger partial charge < -0.3 is 5.32 Å². The predicted octanol–water partition coefficient (Wildman–Crippen LogP) is 3.32. The van der Waals surface area contributed by atoms with Crippen LogP contribution in [0.5, 0.6) is 0 Å². The van der Waals surface area contributed by atoms with Crippen molar-refractivity contribution in [1.82, 2.24) is 15.5 Å². The van der Waals surface area contributed by atoms with E-state index < -0.39 is 0 Å². The van der Waals surface area contributed by atoms with Gasteiger partial charge in [-0.15, -0.1) is 10.2 Å². The van der Waals surface area contributed by atoms with Gasteiger partial charge in [0.15, 0.2) is 8.68 Å². The fourth-order valence-corrected chi connectivity index (χ4v) is 3.71. The minimum atomic E-state index is -0.0224. The topological polar surface area (TPSA) is 54.9 Å². The number of carbonyl (C=O) groups is 1. The molecule has 0 fully saturated rings. The fraction of sp³-hybridized carbons (Fsp3) is 0.250. The molecule has 2 rings (SSSR count). The van der Waals surface area contributed by atoms with Crippen molar-refractivity contribution in [3.05, 3.63) is 34.9 Å². The van der Waals surface area contributed by atoms with E-state index in [9.17, 15) is 4.79 Å². The van der Waals surface area contributed by atoms with Gasteiger partial charge in [0, 0.05) is 11.6 Å². The van der Waals surface area contributed by atoms with Gasteiger partial charge in [-0.25, -0.2) is 0 Å². The van der Waals surface area contributed by atoms with Crippen molar-refractivity contribution >= 4 is 52.4 Å². The Labute approximate surface area is 134 Å². The maximum absolute atomic E-state index is 11.7. The molecule has 1 aromatic carbocycles. The molecule has 1 aromatic heterocycles. The molecule has 0 aliphatic carbocycles. The van der Waals surface area contributed by atoms with E-state index in [1.54, 1.807) is 11.8 Å². The molecule has 1 amide bonds. The summed E-state index contributed by atoms with van der Waals surface area (Å²) >= 11 is 10.3. The second kappa shape index (κ2) is 7.87. The van der Waals surface area contributed by atoms with Crippen LogP contribution in [0, 0.1) is 0 Å². The van der Waals surface area contributed by atoms with E-state index in [1.165, 1.54) is 23.1 Å². The molecule has 0 bridgehead atoms. The van der Waals surface area contributed by atoms with Gasteiger partial charge in [-0.3, -0.25) is 4.79 Å². The maximum atomic E-state index is 11.7. The quantitative estimate of drug-likeness (QED) is 0.814. The molecule has 1 heterocycles. The number of nitrogens with one attached hydrogen (secondary N) is 1. The van der Waals surface area contributed by atoms with Crippen LogP contribution >= 0.6 is 46.5 Å². The zero-order valence-corrected chi connectivity index (χ0v) is 13.8. The van der Waals surface area contributed by atoms with Crippen LogP contribution in [0.2, 0.25) is 5.02 Å². The Morgan fingerprint density at radius 2 is 2.00 bits per heavy atom. The molecule has 0 atom stereocenters. The third-order valence-electron chi connectivity index (χ3n) is 2.29. The highest BCUT2D eigenvalue weighted by Gasteiger charge is 2.07. The molecule has 0 unspecified atom stereocenters. The van der Waals surface area contributed by atoms with Gasteiger partial charge in [0.2, 0.25) is 5.91 Å². The molecule has 0 spiro atoms. The summed E-state index contributed by atoms with van der Waals surface area (Å²) < 4.78 is 1.73. The summed E-state index contributed by atoms with van der Waals surface area (Å²) in [5.74, 6) is 0.321. The highest BCUT2D eigenvalue weighted by atomic mass is 35.5. The number of aromatic nitrogens is 2. The lowest BCUT2D eigenvalue weighted by atomic mass is 10.2. The highest BCUT2D eigenvalue weighted by Crippen LogP contribution is 2.26. The van der Waals surface area contributed by atoms with Gasteiger partial charge in [0.05, 0.1) is 5.75 Å². The zero-order valence-electron chi connectivity index (χ0n) is 10.6. The van der Waals surface area contributed by atoms with E-state index in [1.807, 2.05) is 30.5 Å². The van der Waals surface area contributed by atoms with Crippen LogP contribution in [0.1, 0.15) is 5.56 Å². The second-order valence-corrected chi connectivity index (χ2v) is 7.42. The molecular formula is C12H12ClN3OS3. The summed E-state index contributed by atoms with van der Waals surface area (Å²) in [4.78, 5) is 11.7. The third kappa shape index (κ3) is 4.97. The maximum Gasteiger partial charge on any atom is 0.230 e. The Morgan fingerprint density at radius 3 is 2.65 bits per heavy atom. The number of amides is 1. The molecule has 0 aliphatic heterocycles. The summed E-state index contributed by atoms with van der Waals surface area (Å²) in [5, 5.41) is 11.5. The lowest BCUT2D eigenvalue weighted by Crippen LogP contribution is -2.24.